The third kappa shape index (κ3) is 4.78. The van der Waals surface area contributed by atoms with Crippen LogP contribution in [0, 0.1) is 5.41 Å². The molecule has 0 saturated heterocycles. The quantitative estimate of drug-likeness (QED) is 0.637. The Kier molecular flexibility index (Phi) is 4.34. The Balaban J connectivity index is 2.59. The van der Waals surface area contributed by atoms with Crippen LogP contribution in [0.3, 0.4) is 0 Å². The van der Waals surface area contributed by atoms with Crippen molar-refractivity contribution in [1.29, 1.82) is 0 Å². The topological polar surface area (TPSA) is 78.4 Å². The van der Waals surface area contributed by atoms with Crippen LogP contribution in [0.2, 0.25) is 0 Å². The summed E-state index contributed by atoms with van der Waals surface area (Å²) in [4.78, 5) is 0. The standard InChI is InChI=1S/C10H22N2O3S/c1-10(2,3)9(6-7-13)12-16(14,15)11-8-4-5-8/h8-9,11-13H,4-7H2,1-3H3. The summed E-state index contributed by atoms with van der Waals surface area (Å²) in [5.74, 6) is 0. The van der Waals surface area contributed by atoms with E-state index in [1.807, 2.05) is 20.8 Å². The Morgan fingerprint density at radius 1 is 1.38 bits per heavy atom. The summed E-state index contributed by atoms with van der Waals surface area (Å²) < 4.78 is 28.6. The number of hydrogen-bond donors (Lipinski definition) is 3. The minimum absolute atomic E-state index is 0.0200. The van der Waals surface area contributed by atoms with E-state index in [-0.39, 0.29) is 24.1 Å². The molecule has 1 rings (SSSR count). The van der Waals surface area contributed by atoms with Gasteiger partial charge in [0.1, 0.15) is 0 Å². The minimum atomic E-state index is -3.43. The molecule has 0 aliphatic heterocycles. The fourth-order valence-corrected chi connectivity index (χ4v) is 3.03. The molecule has 0 aromatic carbocycles. The maximum atomic E-state index is 11.7. The van der Waals surface area contributed by atoms with Gasteiger partial charge in [0.25, 0.3) is 10.2 Å². The van der Waals surface area contributed by atoms with Gasteiger partial charge in [0, 0.05) is 18.7 Å². The highest BCUT2D eigenvalue weighted by Gasteiger charge is 2.32. The van der Waals surface area contributed by atoms with Gasteiger partial charge in [-0.15, -0.1) is 0 Å². The van der Waals surface area contributed by atoms with Crippen molar-refractivity contribution in [1.82, 2.24) is 9.44 Å². The van der Waals surface area contributed by atoms with Gasteiger partial charge >= 0.3 is 0 Å². The van der Waals surface area contributed by atoms with Gasteiger partial charge in [-0.25, -0.2) is 0 Å². The summed E-state index contributed by atoms with van der Waals surface area (Å²) in [6, 6.07) is -0.152. The highest BCUT2D eigenvalue weighted by molar-refractivity contribution is 7.87. The van der Waals surface area contributed by atoms with E-state index >= 15 is 0 Å². The van der Waals surface area contributed by atoms with Crippen molar-refractivity contribution >= 4 is 10.2 Å². The van der Waals surface area contributed by atoms with Crippen LogP contribution in [0.1, 0.15) is 40.0 Å². The summed E-state index contributed by atoms with van der Waals surface area (Å²) >= 11 is 0. The zero-order valence-corrected chi connectivity index (χ0v) is 11.0. The molecule has 0 bridgehead atoms. The highest BCUT2D eigenvalue weighted by Crippen LogP contribution is 2.23. The number of rotatable bonds is 6. The van der Waals surface area contributed by atoms with Crippen LogP contribution in [0.5, 0.6) is 0 Å². The lowest BCUT2D eigenvalue weighted by atomic mass is 9.86. The highest BCUT2D eigenvalue weighted by atomic mass is 32.2. The van der Waals surface area contributed by atoms with Crippen LogP contribution < -0.4 is 9.44 Å². The molecule has 1 unspecified atom stereocenters. The molecule has 0 heterocycles. The van der Waals surface area contributed by atoms with Crippen LogP contribution in [0.15, 0.2) is 0 Å². The van der Waals surface area contributed by atoms with Gasteiger partial charge in [0.15, 0.2) is 0 Å². The molecule has 1 atom stereocenters. The van der Waals surface area contributed by atoms with Gasteiger partial charge in [0.2, 0.25) is 0 Å². The third-order valence-electron chi connectivity index (χ3n) is 2.66. The van der Waals surface area contributed by atoms with Gasteiger partial charge in [0.05, 0.1) is 0 Å². The van der Waals surface area contributed by atoms with E-state index in [0.717, 1.165) is 12.8 Å². The summed E-state index contributed by atoms with van der Waals surface area (Å²) in [5.41, 5.74) is -0.207. The van der Waals surface area contributed by atoms with E-state index < -0.39 is 10.2 Å². The number of aliphatic hydroxyl groups is 1. The molecule has 1 saturated carbocycles. The molecule has 16 heavy (non-hydrogen) atoms. The third-order valence-corrected chi connectivity index (χ3v) is 3.90. The fraction of sp³-hybridized carbons (Fsp3) is 1.00. The number of hydrogen-bond acceptors (Lipinski definition) is 3. The van der Waals surface area contributed by atoms with E-state index in [1.54, 1.807) is 0 Å². The van der Waals surface area contributed by atoms with Crippen molar-refractivity contribution < 1.29 is 13.5 Å². The molecular weight excluding hydrogens is 228 g/mol. The Hall–Kier alpha value is -0.170. The van der Waals surface area contributed by atoms with E-state index in [4.69, 9.17) is 5.11 Å². The minimum Gasteiger partial charge on any atom is -0.396 e. The second kappa shape index (κ2) is 5.00. The first kappa shape index (κ1) is 13.9. The van der Waals surface area contributed by atoms with Gasteiger partial charge in [-0.1, -0.05) is 20.8 Å². The molecular formula is C10H22N2O3S. The van der Waals surface area contributed by atoms with E-state index in [2.05, 4.69) is 9.44 Å². The van der Waals surface area contributed by atoms with E-state index in [1.165, 1.54) is 0 Å². The van der Waals surface area contributed by atoms with Crippen LogP contribution in [0.25, 0.3) is 0 Å². The molecule has 5 nitrogen and oxygen atoms in total. The SMILES string of the molecule is CC(C)(C)C(CCO)NS(=O)(=O)NC1CC1. The first-order valence-corrected chi connectivity index (χ1v) is 7.13. The molecule has 0 aromatic rings. The van der Waals surface area contributed by atoms with Gasteiger partial charge in [-0.3, -0.25) is 0 Å². The molecule has 1 aliphatic rings. The largest absolute Gasteiger partial charge is 0.396 e. The Labute approximate surface area is 97.8 Å². The molecule has 0 aromatic heterocycles. The average Bonchev–Trinajstić information content (AvgIpc) is 2.84. The fourth-order valence-electron chi connectivity index (χ4n) is 1.44. The van der Waals surface area contributed by atoms with Crippen molar-refractivity contribution in [2.45, 2.75) is 52.1 Å². The number of aliphatic hydroxyl groups excluding tert-OH is 1. The summed E-state index contributed by atoms with van der Waals surface area (Å²) in [5, 5.41) is 8.94. The van der Waals surface area contributed by atoms with Gasteiger partial charge in [-0.05, 0) is 24.7 Å². The molecule has 1 fully saturated rings. The zero-order valence-electron chi connectivity index (χ0n) is 10.2. The van der Waals surface area contributed by atoms with Crippen molar-refractivity contribution in [3.8, 4) is 0 Å². The second-order valence-corrected chi connectivity index (χ2v) is 6.92. The summed E-state index contributed by atoms with van der Waals surface area (Å²) in [6.45, 7) is 5.83. The Bertz CT molecular complexity index is 317. The number of nitrogens with one attached hydrogen (secondary N) is 2. The predicted octanol–water partition coefficient (Wildman–Crippen LogP) is 0.370. The Morgan fingerprint density at radius 2 is 1.94 bits per heavy atom. The molecule has 0 amide bonds. The zero-order chi connectivity index (χ0) is 12.4. The van der Waals surface area contributed by atoms with Crippen molar-refractivity contribution in [2.24, 2.45) is 5.41 Å². The van der Waals surface area contributed by atoms with Gasteiger partial charge < -0.3 is 5.11 Å². The average molecular weight is 250 g/mol. The monoisotopic (exact) mass is 250 g/mol. The molecule has 1 aliphatic carbocycles. The maximum Gasteiger partial charge on any atom is 0.277 e. The Morgan fingerprint density at radius 3 is 2.31 bits per heavy atom. The normalized spacial score (nSPS) is 19.8. The molecule has 0 spiro atoms. The van der Waals surface area contributed by atoms with E-state index in [9.17, 15) is 8.42 Å². The van der Waals surface area contributed by atoms with Crippen molar-refractivity contribution in [3.05, 3.63) is 0 Å². The lowest BCUT2D eigenvalue weighted by molar-refractivity contribution is 0.214. The molecule has 3 N–H and O–H groups in total. The van der Waals surface area contributed by atoms with Crippen LogP contribution in [0.4, 0.5) is 0 Å². The van der Waals surface area contributed by atoms with Gasteiger partial charge in [-0.2, -0.15) is 17.9 Å². The van der Waals surface area contributed by atoms with Crippen LogP contribution in [-0.4, -0.2) is 32.2 Å². The smallest absolute Gasteiger partial charge is 0.277 e. The lowest BCUT2D eigenvalue weighted by Crippen LogP contribution is -2.49. The first-order chi connectivity index (χ1) is 7.24. The van der Waals surface area contributed by atoms with Crippen LogP contribution >= 0.6 is 0 Å². The molecule has 0 radical (unpaired) electrons. The predicted molar refractivity (Wildman–Crippen MR) is 63.2 cm³/mol. The maximum absolute atomic E-state index is 11.7. The molecule has 96 valence electrons. The van der Waals surface area contributed by atoms with Crippen molar-refractivity contribution in [3.63, 3.8) is 0 Å². The van der Waals surface area contributed by atoms with Crippen molar-refractivity contribution in [2.75, 3.05) is 6.61 Å². The van der Waals surface area contributed by atoms with E-state index in [0.29, 0.717) is 6.42 Å². The van der Waals surface area contributed by atoms with Crippen LogP contribution in [-0.2, 0) is 10.2 Å². The second-order valence-electron chi connectivity index (χ2n) is 5.44. The summed E-state index contributed by atoms with van der Waals surface area (Å²) in [7, 11) is -3.43. The molecule has 6 heteroatoms. The lowest BCUT2D eigenvalue weighted by Gasteiger charge is -2.30. The first-order valence-electron chi connectivity index (χ1n) is 5.65. The summed E-state index contributed by atoms with van der Waals surface area (Å²) in [6.07, 6.45) is 2.26.